The predicted molar refractivity (Wildman–Crippen MR) is 112 cm³/mol. The highest BCUT2D eigenvalue weighted by molar-refractivity contribution is 5.69. The van der Waals surface area contributed by atoms with Crippen LogP contribution in [0.1, 0.15) is 51.2 Å². The Labute approximate surface area is 167 Å². The third kappa shape index (κ3) is 6.51. The standard InChI is InChI=1S/C22H31N3O3/c1-6-7-8-11-23-21-19(28-22(26)27-14-15(2)3)13-24-20(25-21)18-10-9-16(4)12-17(18)5/h9-10,12-13,15H,6-8,11,14H2,1-5H3,(H,23,24,25). The average molecular weight is 386 g/mol. The summed E-state index contributed by atoms with van der Waals surface area (Å²) in [6.45, 7) is 11.2. The molecule has 0 fully saturated rings. The summed E-state index contributed by atoms with van der Waals surface area (Å²) in [5.41, 5.74) is 3.24. The van der Waals surface area contributed by atoms with Crippen LogP contribution in [-0.4, -0.2) is 29.3 Å². The third-order valence-corrected chi connectivity index (χ3v) is 4.18. The van der Waals surface area contributed by atoms with Gasteiger partial charge in [0.1, 0.15) is 0 Å². The molecular formula is C22H31N3O3. The molecule has 0 saturated carbocycles. The molecule has 1 aromatic heterocycles. The lowest BCUT2D eigenvalue weighted by Crippen LogP contribution is -2.16. The Bertz CT molecular complexity index is 791. The van der Waals surface area contributed by atoms with Crippen LogP contribution in [-0.2, 0) is 4.74 Å². The number of benzene rings is 1. The molecule has 152 valence electrons. The lowest BCUT2D eigenvalue weighted by molar-refractivity contribution is 0.0885. The molecule has 0 unspecified atom stereocenters. The van der Waals surface area contributed by atoms with Gasteiger partial charge in [0, 0.05) is 12.1 Å². The summed E-state index contributed by atoms with van der Waals surface area (Å²) in [4.78, 5) is 21.0. The molecule has 0 saturated heterocycles. The molecule has 0 spiro atoms. The number of nitrogens with zero attached hydrogens (tertiary/aromatic N) is 2. The Hall–Kier alpha value is -2.63. The van der Waals surface area contributed by atoms with Crippen molar-refractivity contribution in [2.75, 3.05) is 18.5 Å². The fraction of sp³-hybridized carbons (Fsp3) is 0.500. The van der Waals surface area contributed by atoms with Crippen molar-refractivity contribution in [3.8, 4) is 17.1 Å². The number of ether oxygens (including phenoxy) is 2. The lowest BCUT2D eigenvalue weighted by atomic mass is 10.1. The Morgan fingerprint density at radius 3 is 2.68 bits per heavy atom. The van der Waals surface area contributed by atoms with Crippen molar-refractivity contribution in [2.45, 2.75) is 53.9 Å². The van der Waals surface area contributed by atoms with Crippen molar-refractivity contribution in [2.24, 2.45) is 5.92 Å². The first kappa shape index (κ1) is 21.7. The first-order valence-corrected chi connectivity index (χ1v) is 9.93. The van der Waals surface area contributed by atoms with Crippen molar-refractivity contribution in [1.82, 2.24) is 9.97 Å². The van der Waals surface area contributed by atoms with Crippen molar-refractivity contribution in [1.29, 1.82) is 0 Å². The van der Waals surface area contributed by atoms with Gasteiger partial charge in [0.25, 0.3) is 0 Å². The van der Waals surface area contributed by atoms with Gasteiger partial charge in [-0.2, -0.15) is 0 Å². The van der Waals surface area contributed by atoms with E-state index in [1.54, 1.807) is 0 Å². The minimum atomic E-state index is -0.742. The summed E-state index contributed by atoms with van der Waals surface area (Å²) in [5.74, 6) is 1.61. The Balaban J connectivity index is 2.24. The molecule has 0 aliphatic carbocycles. The van der Waals surface area contributed by atoms with E-state index >= 15 is 0 Å². The number of aromatic nitrogens is 2. The third-order valence-electron chi connectivity index (χ3n) is 4.18. The van der Waals surface area contributed by atoms with Crippen LogP contribution in [0.3, 0.4) is 0 Å². The highest BCUT2D eigenvalue weighted by Gasteiger charge is 2.16. The largest absolute Gasteiger partial charge is 0.514 e. The number of unbranched alkanes of at least 4 members (excludes halogenated alkanes) is 2. The van der Waals surface area contributed by atoms with Crippen molar-refractivity contribution < 1.29 is 14.3 Å². The fourth-order valence-corrected chi connectivity index (χ4v) is 2.70. The molecular weight excluding hydrogens is 354 g/mol. The van der Waals surface area contributed by atoms with E-state index in [0.29, 0.717) is 18.2 Å². The van der Waals surface area contributed by atoms with E-state index in [2.05, 4.69) is 35.2 Å². The van der Waals surface area contributed by atoms with E-state index in [0.717, 1.165) is 36.9 Å². The van der Waals surface area contributed by atoms with E-state index in [-0.39, 0.29) is 11.7 Å². The monoisotopic (exact) mass is 385 g/mol. The molecule has 1 N–H and O–H groups in total. The summed E-state index contributed by atoms with van der Waals surface area (Å²) in [7, 11) is 0. The average Bonchev–Trinajstić information content (AvgIpc) is 2.65. The first-order valence-electron chi connectivity index (χ1n) is 9.93. The minimum Gasteiger partial charge on any atom is -0.434 e. The van der Waals surface area contributed by atoms with E-state index in [4.69, 9.17) is 9.47 Å². The zero-order chi connectivity index (χ0) is 20.5. The molecule has 0 radical (unpaired) electrons. The number of hydrogen-bond acceptors (Lipinski definition) is 6. The highest BCUT2D eigenvalue weighted by Crippen LogP contribution is 2.27. The minimum absolute atomic E-state index is 0.238. The van der Waals surface area contributed by atoms with Crippen LogP contribution in [0.2, 0.25) is 0 Å². The molecule has 1 heterocycles. The number of anilines is 1. The van der Waals surface area contributed by atoms with Gasteiger partial charge in [0.2, 0.25) is 0 Å². The maximum Gasteiger partial charge on any atom is 0.514 e. The van der Waals surface area contributed by atoms with Gasteiger partial charge < -0.3 is 14.8 Å². The molecule has 2 rings (SSSR count). The number of aryl methyl sites for hydroxylation is 2. The van der Waals surface area contributed by atoms with Gasteiger partial charge in [-0.05, 0) is 31.7 Å². The number of hydrogen-bond donors (Lipinski definition) is 1. The van der Waals surface area contributed by atoms with Crippen LogP contribution in [0.4, 0.5) is 10.6 Å². The summed E-state index contributed by atoms with van der Waals surface area (Å²) in [6, 6.07) is 6.15. The quantitative estimate of drug-likeness (QED) is 0.452. The molecule has 6 heteroatoms. The van der Waals surface area contributed by atoms with E-state index in [1.165, 1.54) is 11.8 Å². The fourth-order valence-electron chi connectivity index (χ4n) is 2.70. The molecule has 0 atom stereocenters. The molecule has 0 bridgehead atoms. The topological polar surface area (TPSA) is 73.3 Å². The number of carbonyl (C=O) groups is 1. The maximum atomic E-state index is 12.0. The van der Waals surface area contributed by atoms with Crippen LogP contribution in [0.5, 0.6) is 5.75 Å². The van der Waals surface area contributed by atoms with Crippen molar-refractivity contribution in [3.63, 3.8) is 0 Å². The normalized spacial score (nSPS) is 10.8. The SMILES string of the molecule is CCCCCNc1nc(-c2ccc(C)cc2C)ncc1OC(=O)OCC(C)C. The summed E-state index contributed by atoms with van der Waals surface area (Å²) in [6.07, 6.45) is 4.05. The smallest absolute Gasteiger partial charge is 0.434 e. The van der Waals surface area contributed by atoms with Gasteiger partial charge in [-0.25, -0.2) is 14.8 Å². The number of nitrogens with one attached hydrogen (secondary N) is 1. The van der Waals surface area contributed by atoms with E-state index < -0.39 is 6.16 Å². The first-order chi connectivity index (χ1) is 13.4. The summed E-state index contributed by atoms with van der Waals surface area (Å²) in [5, 5.41) is 3.28. The van der Waals surface area contributed by atoms with Gasteiger partial charge in [-0.1, -0.05) is 57.4 Å². The van der Waals surface area contributed by atoms with Crippen LogP contribution in [0.15, 0.2) is 24.4 Å². The number of rotatable bonds is 9. The van der Waals surface area contributed by atoms with Crippen molar-refractivity contribution >= 4 is 12.0 Å². The molecule has 0 amide bonds. The Morgan fingerprint density at radius 2 is 2.00 bits per heavy atom. The molecule has 2 aromatic rings. The summed E-state index contributed by atoms with van der Waals surface area (Å²) >= 11 is 0. The second-order valence-electron chi connectivity index (χ2n) is 7.42. The van der Waals surface area contributed by atoms with Crippen LogP contribution in [0.25, 0.3) is 11.4 Å². The maximum absolute atomic E-state index is 12.0. The van der Waals surface area contributed by atoms with Gasteiger partial charge >= 0.3 is 6.16 Å². The Morgan fingerprint density at radius 1 is 1.21 bits per heavy atom. The molecule has 0 aliphatic heterocycles. The lowest BCUT2D eigenvalue weighted by Gasteiger charge is -2.14. The van der Waals surface area contributed by atoms with Crippen molar-refractivity contribution in [3.05, 3.63) is 35.5 Å². The zero-order valence-electron chi connectivity index (χ0n) is 17.5. The molecule has 0 aliphatic rings. The van der Waals surface area contributed by atoms with Gasteiger partial charge in [0.05, 0.1) is 12.8 Å². The zero-order valence-corrected chi connectivity index (χ0v) is 17.5. The van der Waals surface area contributed by atoms with Crippen LogP contribution in [0, 0.1) is 19.8 Å². The van der Waals surface area contributed by atoms with Crippen LogP contribution >= 0.6 is 0 Å². The van der Waals surface area contributed by atoms with E-state index in [1.807, 2.05) is 32.9 Å². The van der Waals surface area contributed by atoms with Gasteiger partial charge in [0.15, 0.2) is 17.4 Å². The molecule has 1 aromatic carbocycles. The Kier molecular flexibility index (Phi) is 8.23. The molecule has 6 nitrogen and oxygen atoms in total. The second-order valence-corrected chi connectivity index (χ2v) is 7.42. The summed E-state index contributed by atoms with van der Waals surface area (Å²) < 4.78 is 10.5. The number of carbonyl (C=O) groups excluding carboxylic acids is 1. The second kappa shape index (κ2) is 10.6. The predicted octanol–water partition coefficient (Wildman–Crippen LogP) is 5.53. The highest BCUT2D eigenvalue weighted by atomic mass is 16.7. The molecule has 28 heavy (non-hydrogen) atoms. The van der Waals surface area contributed by atoms with Crippen LogP contribution < -0.4 is 10.1 Å². The van der Waals surface area contributed by atoms with Gasteiger partial charge in [-0.15, -0.1) is 0 Å². The van der Waals surface area contributed by atoms with E-state index in [9.17, 15) is 4.79 Å². The van der Waals surface area contributed by atoms with Gasteiger partial charge in [-0.3, -0.25) is 0 Å².